The standard InChI is InChI=1S/C27H30F2O/c1-3-18-4-6-19(7-5-18)8-9-20-10-13-23-21(16-20)11-14-24(27(23)29)22-12-15-26(30-2)25(28)17-22/h10-19H,3-9H2,1-2H3. The van der Waals surface area contributed by atoms with Crippen LogP contribution in [0.1, 0.15) is 51.0 Å². The second-order valence-corrected chi connectivity index (χ2v) is 8.67. The first kappa shape index (κ1) is 20.8. The monoisotopic (exact) mass is 408 g/mol. The largest absolute Gasteiger partial charge is 0.494 e. The lowest BCUT2D eigenvalue weighted by molar-refractivity contribution is 0.259. The lowest BCUT2D eigenvalue weighted by atomic mass is 9.78. The average Bonchev–Trinajstić information content (AvgIpc) is 2.78. The van der Waals surface area contributed by atoms with Gasteiger partial charge in [0.15, 0.2) is 11.6 Å². The molecular formula is C27H30F2O. The van der Waals surface area contributed by atoms with Gasteiger partial charge in [0, 0.05) is 10.9 Å². The number of benzene rings is 3. The molecule has 0 aromatic heterocycles. The molecule has 0 amide bonds. The van der Waals surface area contributed by atoms with Crippen LogP contribution in [-0.4, -0.2) is 7.11 Å². The Morgan fingerprint density at radius 2 is 1.67 bits per heavy atom. The molecular weight excluding hydrogens is 378 g/mol. The Morgan fingerprint density at radius 1 is 0.900 bits per heavy atom. The Bertz CT molecular complexity index is 1020. The van der Waals surface area contributed by atoms with Crippen molar-refractivity contribution in [1.82, 2.24) is 0 Å². The molecule has 158 valence electrons. The molecule has 0 saturated heterocycles. The molecule has 1 aliphatic rings. The van der Waals surface area contributed by atoms with E-state index >= 15 is 4.39 Å². The van der Waals surface area contributed by atoms with E-state index in [0.717, 1.165) is 23.6 Å². The number of aryl methyl sites for hydroxylation is 1. The minimum Gasteiger partial charge on any atom is -0.494 e. The van der Waals surface area contributed by atoms with Crippen LogP contribution in [0, 0.1) is 23.5 Å². The van der Waals surface area contributed by atoms with Crippen molar-refractivity contribution in [2.24, 2.45) is 11.8 Å². The highest BCUT2D eigenvalue weighted by molar-refractivity contribution is 5.88. The summed E-state index contributed by atoms with van der Waals surface area (Å²) in [5.41, 5.74) is 2.19. The van der Waals surface area contributed by atoms with Gasteiger partial charge in [-0.2, -0.15) is 0 Å². The molecule has 0 unspecified atom stereocenters. The second-order valence-electron chi connectivity index (χ2n) is 8.67. The number of fused-ring (bicyclic) bond motifs is 1. The van der Waals surface area contributed by atoms with Crippen molar-refractivity contribution in [2.45, 2.75) is 51.9 Å². The van der Waals surface area contributed by atoms with E-state index in [4.69, 9.17) is 4.74 Å². The number of hydrogen-bond acceptors (Lipinski definition) is 1. The summed E-state index contributed by atoms with van der Waals surface area (Å²) >= 11 is 0. The van der Waals surface area contributed by atoms with Gasteiger partial charge in [0.1, 0.15) is 5.82 Å². The summed E-state index contributed by atoms with van der Waals surface area (Å²) in [5, 5.41) is 1.48. The Hall–Kier alpha value is -2.42. The summed E-state index contributed by atoms with van der Waals surface area (Å²) in [6, 6.07) is 14.2. The maximum absolute atomic E-state index is 15.2. The van der Waals surface area contributed by atoms with Crippen LogP contribution in [0.3, 0.4) is 0 Å². The average molecular weight is 409 g/mol. The van der Waals surface area contributed by atoms with E-state index in [2.05, 4.69) is 13.0 Å². The summed E-state index contributed by atoms with van der Waals surface area (Å²) in [6.07, 6.45) is 9.02. The van der Waals surface area contributed by atoms with Crippen LogP contribution < -0.4 is 4.74 Å². The molecule has 0 heterocycles. The van der Waals surface area contributed by atoms with Crippen molar-refractivity contribution < 1.29 is 13.5 Å². The molecule has 30 heavy (non-hydrogen) atoms. The van der Waals surface area contributed by atoms with Gasteiger partial charge in [0.25, 0.3) is 0 Å². The van der Waals surface area contributed by atoms with Crippen molar-refractivity contribution in [3.05, 3.63) is 65.7 Å². The predicted molar refractivity (Wildman–Crippen MR) is 120 cm³/mol. The summed E-state index contributed by atoms with van der Waals surface area (Å²) in [5.74, 6) is 1.12. The number of hydrogen-bond donors (Lipinski definition) is 0. The topological polar surface area (TPSA) is 9.23 Å². The molecule has 1 aliphatic carbocycles. The smallest absolute Gasteiger partial charge is 0.165 e. The lowest BCUT2D eigenvalue weighted by Gasteiger charge is -2.27. The molecule has 3 aromatic rings. The zero-order valence-electron chi connectivity index (χ0n) is 17.9. The van der Waals surface area contributed by atoms with Gasteiger partial charge in [-0.15, -0.1) is 0 Å². The maximum Gasteiger partial charge on any atom is 0.165 e. The van der Waals surface area contributed by atoms with Crippen LogP contribution in [0.15, 0.2) is 48.5 Å². The van der Waals surface area contributed by atoms with Crippen molar-refractivity contribution in [1.29, 1.82) is 0 Å². The van der Waals surface area contributed by atoms with Crippen LogP contribution in [0.5, 0.6) is 5.75 Å². The number of ether oxygens (including phenoxy) is 1. The van der Waals surface area contributed by atoms with Crippen molar-refractivity contribution in [3.8, 4) is 16.9 Å². The zero-order valence-corrected chi connectivity index (χ0v) is 17.9. The number of halogens is 2. The first-order valence-corrected chi connectivity index (χ1v) is 11.1. The molecule has 0 atom stereocenters. The van der Waals surface area contributed by atoms with E-state index in [1.807, 2.05) is 18.2 Å². The Balaban J connectivity index is 1.51. The van der Waals surface area contributed by atoms with Gasteiger partial charge in [-0.05, 0) is 53.3 Å². The van der Waals surface area contributed by atoms with Gasteiger partial charge >= 0.3 is 0 Å². The maximum atomic E-state index is 15.2. The summed E-state index contributed by atoms with van der Waals surface area (Å²) in [4.78, 5) is 0. The van der Waals surface area contributed by atoms with Gasteiger partial charge in [0.05, 0.1) is 7.11 Å². The highest BCUT2D eigenvalue weighted by atomic mass is 19.1. The van der Waals surface area contributed by atoms with Gasteiger partial charge in [0.2, 0.25) is 0 Å². The van der Waals surface area contributed by atoms with Crippen LogP contribution >= 0.6 is 0 Å². The van der Waals surface area contributed by atoms with Gasteiger partial charge in [-0.3, -0.25) is 0 Å². The molecule has 1 saturated carbocycles. The number of methoxy groups -OCH3 is 1. The Kier molecular flexibility index (Phi) is 6.36. The molecule has 3 aromatic carbocycles. The van der Waals surface area contributed by atoms with Crippen LogP contribution in [-0.2, 0) is 6.42 Å². The molecule has 1 nitrogen and oxygen atoms in total. The Labute approximate surface area is 178 Å². The molecule has 0 aliphatic heterocycles. The fourth-order valence-corrected chi connectivity index (χ4v) is 4.85. The SMILES string of the molecule is CCC1CCC(CCc2ccc3c(F)c(-c4ccc(OC)c(F)c4)ccc3c2)CC1. The van der Waals surface area contributed by atoms with E-state index in [0.29, 0.717) is 16.5 Å². The van der Waals surface area contributed by atoms with Crippen molar-refractivity contribution >= 4 is 10.8 Å². The third-order valence-electron chi connectivity index (χ3n) is 6.87. The predicted octanol–water partition coefficient (Wildman–Crippen LogP) is 7.94. The minimum atomic E-state index is -0.488. The molecule has 4 rings (SSSR count). The first-order valence-electron chi connectivity index (χ1n) is 11.1. The Morgan fingerprint density at radius 3 is 2.37 bits per heavy atom. The lowest BCUT2D eigenvalue weighted by Crippen LogP contribution is -2.14. The van der Waals surface area contributed by atoms with Crippen molar-refractivity contribution in [3.63, 3.8) is 0 Å². The second kappa shape index (κ2) is 9.16. The molecule has 0 spiro atoms. The van der Waals surface area contributed by atoms with Crippen LogP contribution in [0.25, 0.3) is 21.9 Å². The molecule has 0 radical (unpaired) electrons. The van der Waals surface area contributed by atoms with Gasteiger partial charge in [-0.1, -0.05) is 75.4 Å². The third kappa shape index (κ3) is 4.35. The molecule has 0 bridgehead atoms. The molecule has 0 N–H and O–H groups in total. The first-order chi connectivity index (χ1) is 14.6. The van der Waals surface area contributed by atoms with Crippen LogP contribution in [0.2, 0.25) is 0 Å². The van der Waals surface area contributed by atoms with E-state index < -0.39 is 5.82 Å². The summed E-state index contributed by atoms with van der Waals surface area (Å²) < 4.78 is 34.2. The molecule has 3 heteroatoms. The van der Waals surface area contributed by atoms with E-state index in [9.17, 15) is 4.39 Å². The van der Waals surface area contributed by atoms with Crippen molar-refractivity contribution in [2.75, 3.05) is 7.11 Å². The highest BCUT2D eigenvalue weighted by Gasteiger charge is 2.20. The molecule has 1 fully saturated rings. The van der Waals surface area contributed by atoms with E-state index in [-0.39, 0.29) is 11.6 Å². The quantitative estimate of drug-likeness (QED) is 0.402. The van der Waals surface area contributed by atoms with Gasteiger partial charge < -0.3 is 4.74 Å². The fourth-order valence-electron chi connectivity index (χ4n) is 4.85. The third-order valence-corrected chi connectivity index (χ3v) is 6.87. The summed E-state index contributed by atoms with van der Waals surface area (Å²) in [6.45, 7) is 2.30. The zero-order chi connectivity index (χ0) is 21.1. The number of rotatable bonds is 6. The summed E-state index contributed by atoms with van der Waals surface area (Å²) in [7, 11) is 1.42. The highest BCUT2D eigenvalue weighted by Crippen LogP contribution is 2.34. The van der Waals surface area contributed by atoms with Crippen LogP contribution in [0.4, 0.5) is 8.78 Å². The minimum absolute atomic E-state index is 0.160. The fraction of sp³-hybridized carbons (Fsp3) is 0.407. The normalized spacial score (nSPS) is 19.2. The van der Waals surface area contributed by atoms with E-state index in [1.165, 1.54) is 63.3 Å². The van der Waals surface area contributed by atoms with E-state index in [1.54, 1.807) is 12.1 Å². The van der Waals surface area contributed by atoms with Gasteiger partial charge in [-0.25, -0.2) is 8.78 Å².